The minimum Gasteiger partial charge on any atom is -0.339 e. The van der Waals surface area contributed by atoms with Gasteiger partial charge in [0.05, 0.1) is 4.90 Å². The highest BCUT2D eigenvalue weighted by Gasteiger charge is 2.21. The summed E-state index contributed by atoms with van der Waals surface area (Å²) in [4.78, 5) is 14.3. The molecule has 0 spiro atoms. The molecule has 0 radical (unpaired) electrons. The Labute approximate surface area is 156 Å². The largest absolute Gasteiger partial charge is 0.339 e. The number of aryl methyl sites for hydroxylation is 3. The fraction of sp³-hybridized carbons (Fsp3) is 0.350. The van der Waals surface area contributed by atoms with Gasteiger partial charge in [-0.2, -0.15) is 0 Å². The summed E-state index contributed by atoms with van der Waals surface area (Å²) in [5.41, 5.74) is 3.58. The second-order valence-electron chi connectivity index (χ2n) is 6.36. The van der Waals surface area contributed by atoms with Crippen LogP contribution in [0.4, 0.5) is 5.69 Å². The molecular formula is C20H26N2O3S. The van der Waals surface area contributed by atoms with Crippen LogP contribution in [0.1, 0.15) is 40.9 Å². The lowest BCUT2D eigenvalue weighted by molar-refractivity contribution is 0.0772. The molecule has 0 fully saturated rings. The lowest BCUT2D eigenvalue weighted by Crippen LogP contribution is -2.30. The first-order valence-electron chi connectivity index (χ1n) is 8.69. The third-order valence-corrected chi connectivity index (χ3v) is 6.06. The summed E-state index contributed by atoms with van der Waals surface area (Å²) < 4.78 is 28.3. The fourth-order valence-electron chi connectivity index (χ4n) is 2.73. The molecule has 2 rings (SSSR count). The molecule has 2 aromatic rings. The summed E-state index contributed by atoms with van der Waals surface area (Å²) in [5.74, 6) is -0.169. The minimum atomic E-state index is -3.79. The Morgan fingerprint density at radius 2 is 1.54 bits per heavy atom. The number of sulfonamides is 1. The highest BCUT2D eigenvalue weighted by Crippen LogP contribution is 2.23. The third-order valence-electron chi connectivity index (χ3n) is 4.53. The van der Waals surface area contributed by atoms with E-state index in [0.29, 0.717) is 29.9 Å². The van der Waals surface area contributed by atoms with Crippen LogP contribution in [0.25, 0.3) is 0 Å². The summed E-state index contributed by atoms with van der Waals surface area (Å²) in [6, 6.07) is 10.2. The van der Waals surface area contributed by atoms with Gasteiger partial charge in [0.15, 0.2) is 0 Å². The van der Waals surface area contributed by atoms with Crippen LogP contribution in [0.3, 0.4) is 0 Å². The number of benzene rings is 2. The van der Waals surface area contributed by atoms with E-state index in [0.717, 1.165) is 11.1 Å². The zero-order valence-corrected chi connectivity index (χ0v) is 16.8. The van der Waals surface area contributed by atoms with Gasteiger partial charge in [-0.1, -0.05) is 12.1 Å². The van der Waals surface area contributed by atoms with E-state index in [1.165, 1.54) is 6.07 Å². The molecule has 1 amide bonds. The SMILES string of the molecule is CCN(CC)C(=O)c1ccc(C)c(S(=O)(=O)Nc2ccc(C)c(C)c2)c1. The molecule has 0 heterocycles. The monoisotopic (exact) mass is 374 g/mol. The molecule has 0 bridgehead atoms. The van der Waals surface area contributed by atoms with E-state index in [-0.39, 0.29) is 10.8 Å². The molecule has 0 aliphatic carbocycles. The van der Waals surface area contributed by atoms with Gasteiger partial charge in [-0.05, 0) is 75.6 Å². The van der Waals surface area contributed by atoms with Crippen LogP contribution in [0, 0.1) is 20.8 Å². The molecular weight excluding hydrogens is 348 g/mol. The molecule has 0 saturated carbocycles. The van der Waals surface area contributed by atoms with E-state index in [4.69, 9.17) is 0 Å². The van der Waals surface area contributed by atoms with Crippen LogP contribution >= 0.6 is 0 Å². The molecule has 2 aromatic carbocycles. The molecule has 0 unspecified atom stereocenters. The highest BCUT2D eigenvalue weighted by molar-refractivity contribution is 7.92. The van der Waals surface area contributed by atoms with E-state index in [1.54, 1.807) is 36.1 Å². The standard InChI is InChI=1S/C20H26N2O3S/c1-6-22(7-2)20(23)17-10-8-15(4)19(13-17)26(24,25)21-18-11-9-14(3)16(5)12-18/h8-13,21H,6-7H2,1-5H3. The van der Waals surface area contributed by atoms with Gasteiger partial charge < -0.3 is 4.90 Å². The predicted octanol–water partition coefficient (Wildman–Crippen LogP) is 3.89. The predicted molar refractivity (Wildman–Crippen MR) is 105 cm³/mol. The topological polar surface area (TPSA) is 66.5 Å². The van der Waals surface area contributed by atoms with Gasteiger partial charge >= 0.3 is 0 Å². The molecule has 0 atom stereocenters. The maximum absolute atomic E-state index is 12.9. The van der Waals surface area contributed by atoms with Gasteiger partial charge in [-0.25, -0.2) is 8.42 Å². The molecule has 140 valence electrons. The van der Waals surface area contributed by atoms with Crippen LogP contribution in [0.5, 0.6) is 0 Å². The number of amides is 1. The molecule has 5 nitrogen and oxygen atoms in total. The summed E-state index contributed by atoms with van der Waals surface area (Å²) in [7, 11) is -3.79. The summed E-state index contributed by atoms with van der Waals surface area (Å²) in [5, 5.41) is 0. The number of nitrogens with zero attached hydrogens (tertiary/aromatic N) is 1. The Morgan fingerprint density at radius 1 is 0.923 bits per heavy atom. The molecule has 0 aromatic heterocycles. The third kappa shape index (κ3) is 4.25. The number of carbonyl (C=O) groups is 1. The molecule has 0 aliphatic rings. The van der Waals surface area contributed by atoms with Crippen molar-refractivity contribution in [2.45, 2.75) is 39.5 Å². The van der Waals surface area contributed by atoms with Gasteiger partial charge in [-0.3, -0.25) is 9.52 Å². The first-order valence-corrected chi connectivity index (χ1v) is 10.2. The van der Waals surface area contributed by atoms with Gasteiger partial charge in [0, 0.05) is 24.3 Å². The van der Waals surface area contributed by atoms with Crippen molar-refractivity contribution in [2.24, 2.45) is 0 Å². The number of anilines is 1. The van der Waals surface area contributed by atoms with Crippen molar-refractivity contribution in [2.75, 3.05) is 17.8 Å². The zero-order chi connectivity index (χ0) is 19.5. The maximum Gasteiger partial charge on any atom is 0.262 e. The van der Waals surface area contributed by atoms with E-state index in [2.05, 4.69) is 4.72 Å². The van der Waals surface area contributed by atoms with E-state index >= 15 is 0 Å². The van der Waals surface area contributed by atoms with Crippen molar-refractivity contribution in [1.82, 2.24) is 4.90 Å². The van der Waals surface area contributed by atoms with E-state index in [1.807, 2.05) is 33.8 Å². The Hall–Kier alpha value is -2.34. The maximum atomic E-state index is 12.9. The first kappa shape index (κ1) is 20.0. The summed E-state index contributed by atoms with van der Waals surface area (Å²) in [6.45, 7) is 10.6. The highest BCUT2D eigenvalue weighted by atomic mass is 32.2. The van der Waals surface area contributed by atoms with E-state index < -0.39 is 10.0 Å². The molecule has 0 aliphatic heterocycles. The summed E-state index contributed by atoms with van der Waals surface area (Å²) in [6.07, 6.45) is 0. The second kappa shape index (κ2) is 7.91. The average molecular weight is 375 g/mol. The normalized spacial score (nSPS) is 11.3. The quantitative estimate of drug-likeness (QED) is 0.834. The van der Waals surface area contributed by atoms with Crippen molar-refractivity contribution in [3.05, 3.63) is 58.7 Å². The molecule has 0 saturated heterocycles. The van der Waals surface area contributed by atoms with Crippen LogP contribution in [-0.4, -0.2) is 32.3 Å². The molecule has 26 heavy (non-hydrogen) atoms. The smallest absolute Gasteiger partial charge is 0.262 e. The lowest BCUT2D eigenvalue weighted by atomic mass is 10.1. The van der Waals surface area contributed by atoms with Gasteiger partial charge in [0.25, 0.3) is 15.9 Å². The number of hydrogen-bond acceptors (Lipinski definition) is 3. The Morgan fingerprint density at radius 3 is 2.12 bits per heavy atom. The first-order chi connectivity index (χ1) is 12.2. The Bertz CT molecular complexity index is 917. The van der Waals surface area contributed by atoms with Crippen LogP contribution in [0.2, 0.25) is 0 Å². The van der Waals surface area contributed by atoms with Crippen molar-refractivity contribution in [1.29, 1.82) is 0 Å². The second-order valence-corrected chi connectivity index (χ2v) is 8.01. The number of rotatable bonds is 6. The molecule has 6 heteroatoms. The van der Waals surface area contributed by atoms with Crippen LogP contribution in [-0.2, 0) is 10.0 Å². The number of carbonyl (C=O) groups excluding carboxylic acids is 1. The minimum absolute atomic E-state index is 0.119. The van der Waals surface area contributed by atoms with Crippen molar-refractivity contribution in [3.8, 4) is 0 Å². The van der Waals surface area contributed by atoms with E-state index in [9.17, 15) is 13.2 Å². The van der Waals surface area contributed by atoms with Crippen molar-refractivity contribution >= 4 is 21.6 Å². The lowest BCUT2D eigenvalue weighted by Gasteiger charge is -2.19. The van der Waals surface area contributed by atoms with Gasteiger partial charge in [0.1, 0.15) is 0 Å². The van der Waals surface area contributed by atoms with Gasteiger partial charge in [0.2, 0.25) is 0 Å². The molecule has 1 N–H and O–H groups in total. The van der Waals surface area contributed by atoms with Crippen LogP contribution in [0.15, 0.2) is 41.3 Å². The zero-order valence-electron chi connectivity index (χ0n) is 16.0. The Balaban J connectivity index is 2.40. The number of hydrogen-bond donors (Lipinski definition) is 1. The Kier molecular flexibility index (Phi) is 6.08. The fourth-order valence-corrected chi connectivity index (χ4v) is 4.05. The summed E-state index contributed by atoms with van der Waals surface area (Å²) >= 11 is 0. The number of nitrogens with one attached hydrogen (secondary N) is 1. The van der Waals surface area contributed by atoms with Gasteiger partial charge in [-0.15, -0.1) is 0 Å². The average Bonchev–Trinajstić information content (AvgIpc) is 2.59. The van der Waals surface area contributed by atoms with Crippen LogP contribution < -0.4 is 4.72 Å². The van der Waals surface area contributed by atoms with Crippen molar-refractivity contribution < 1.29 is 13.2 Å². The van der Waals surface area contributed by atoms with Crippen molar-refractivity contribution in [3.63, 3.8) is 0 Å².